The van der Waals surface area contributed by atoms with Gasteiger partial charge < -0.3 is 5.32 Å². The molecule has 1 N–H and O–H groups in total. The average molecular weight is 287 g/mol. The van der Waals surface area contributed by atoms with Crippen LogP contribution in [0.5, 0.6) is 0 Å². The van der Waals surface area contributed by atoms with Gasteiger partial charge in [-0.15, -0.1) is 0 Å². The highest BCUT2D eigenvalue weighted by atomic mass is 16.2. The van der Waals surface area contributed by atoms with Crippen molar-refractivity contribution in [1.82, 2.24) is 25.0 Å². The molecular weight excluding hydrogens is 266 g/mol. The van der Waals surface area contributed by atoms with Crippen molar-refractivity contribution in [2.75, 3.05) is 20.1 Å². The number of nitrogens with zero attached hydrogens (tertiary/aromatic N) is 4. The van der Waals surface area contributed by atoms with Gasteiger partial charge in [-0.2, -0.15) is 5.10 Å². The maximum absolute atomic E-state index is 11.8. The van der Waals surface area contributed by atoms with E-state index >= 15 is 0 Å². The lowest BCUT2D eigenvalue weighted by molar-refractivity contribution is -0.122. The molecule has 0 saturated carbocycles. The van der Waals surface area contributed by atoms with Crippen LogP contribution in [0.1, 0.15) is 12.0 Å². The van der Waals surface area contributed by atoms with E-state index in [2.05, 4.69) is 27.5 Å². The Morgan fingerprint density at radius 3 is 2.86 bits per heavy atom. The molecule has 0 atom stereocenters. The Balaban J connectivity index is 1.60. The normalized spacial score (nSPS) is 10.8. The Bertz CT molecular complexity index is 526. The van der Waals surface area contributed by atoms with Crippen LogP contribution in [0.4, 0.5) is 0 Å². The standard InChI is InChI=1S/C15H21N5O/c1-19(10-14-6-3-2-4-7-14)11-15(21)17-8-5-9-20-13-16-12-18-20/h2-4,6-7,12-13H,5,8-11H2,1H3,(H,17,21). The number of aryl methyl sites for hydroxylation is 1. The van der Waals surface area contributed by atoms with E-state index in [0.29, 0.717) is 13.1 Å². The van der Waals surface area contributed by atoms with Gasteiger partial charge in [0.1, 0.15) is 12.7 Å². The molecule has 1 amide bonds. The molecule has 0 aliphatic heterocycles. The zero-order chi connectivity index (χ0) is 14.9. The van der Waals surface area contributed by atoms with Gasteiger partial charge in [0, 0.05) is 19.6 Å². The molecule has 0 saturated heterocycles. The van der Waals surface area contributed by atoms with Crippen LogP contribution < -0.4 is 5.32 Å². The topological polar surface area (TPSA) is 63.1 Å². The summed E-state index contributed by atoms with van der Waals surface area (Å²) in [6, 6.07) is 10.1. The Labute approximate surface area is 124 Å². The van der Waals surface area contributed by atoms with Crippen LogP contribution in [0.25, 0.3) is 0 Å². The van der Waals surface area contributed by atoms with Gasteiger partial charge in [0.05, 0.1) is 6.54 Å². The molecule has 0 radical (unpaired) electrons. The number of benzene rings is 1. The maximum atomic E-state index is 11.8. The molecule has 112 valence electrons. The van der Waals surface area contributed by atoms with E-state index in [-0.39, 0.29) is 5.91 Å². The van der Waals surface area contributed by atoms with Crippen LogP contribution in [0, 0.1) is 0 Å². The Kier molecular flexibility index (Phi) is 5.90. The molecule has 21 heavy (non-hydrogen) atoms. The predicted molar refractivity (Wildman–Crippen MR) is 80.4 cm³/mol. The third-order valence-corrected chi connectivity index (χ3v) is 3.06. The molecular formula is C15H21N5O. The van der Waals surface area contributed by atoms with E-state index in [9.17, 15) is 4.79 Å². The first-order valence-corrected chi connectivity index (χ1v) is 7.05. The summed E-state index contributed by atoms with van der Waals surface area (Å²) < 4.78 is 1.76. The largest absolute Gasteiger partial charge is 0.355 e. The van der Waals surface area contributed by atoms with Gasteiger partial charge in [-0.05, 0) is 19.0 Å². The lowest BCUT2D eigenvalue weighted by atomic mass is 10.2. The number of hydrogen-bond acceptors (Lipinski definition) is 4. The van der Waals surface area contributed by atoms with Crippen molar-refractivity contribution in [3.63, 3.8) is 0 Å². The fourth-order valence-corrected chi connectivity index (χ4v) is 2.07. The summed E-state index contributed by atoms with van der Waals surface area (Å²) in [6.45, 7) is 2.59. The fourth-order valence-electron chi connectivity index (χ4n) is 2.07. The molecule has 0 unspecified atom stereocenters. The maximum Gasteiger partial charge on any atom is 0.234 e. The first-order chi connectivity index (χ1) is 10.2. The number of nitrogens with one attached hydrogen (secondary N) is 1. The second kappa shape index (κ2) is 8.16. The molecule has 0 spiro atoms. The first kappa shape index (κ1) is 15.2. The smallest absolute Gasteiger partial charge is 0.234 e. The van der Waals surface area contributed by atoms with Crippen LogP contribution in [0.15, 0.2) is 43.0 Å². The molecule has 2 aromatic rings. The minimum atomic E-state index is 0.0482. The highest BCUT2D eigenvalue weighted by Gasteiger charge is 2.06. The van der Waals surface area contributed by atoms with Crippen LogP contribution in [0.3, 0.4) is 0 Å². The summed E-state index contributed by atoms with van der Waals surface area (Å²) in [5.41, 5.74) is 1.21. The monoisotopic (exact) mass is 287 g/mol. The Hall–Kier alpha value is -2.21. The van der Waals surface area contributed by atoms with Gasteiger partial charge in [-0.1, -0.05) is 30.3 Å². The van der Waals surface area contributed by atoms with Gasteiger partial charge in [-0.25, -0.2) is 4.98 Å². The number of carbonyl (C=O) groups is 1. The fraction of sp³-hybridized carbons (Fsp3) is 0.400. The van der Waals surface area contributed by atoms with Crippen molar-refractivity contribution in [3.05, 3.63) is 48.5 Å². The van der Waals surface area contributed by atoms with Crippen LogP contribution in [-0.2, 0) is 17.9 Å². The zero-order valence-electron chi connectivity index (χ0n) is 12.3. The van der Waals surface area contributed by atoms with E-state index in [0.717, 1.165) is 19.5 Å². The van der Waals surface area contributed by atoms with Crippen LogP contribution >= 0.6 is 0 Å². The molecule has 0 aliphatic carbocycles. The third kappa shape index (κ3) is 5.74. The van der Waals surface area contributed by atoms with E-state index in [1.807, 2.05) is 30.1 Å². The molecule has 0 aliphatic rings. The second-order valence-corrected chi connectivity index (χ2v) is 5.02. The Morgan fingerprint density at radius 2 is 2.14 bits per heavy atom. The number of likely N-dealkylation sites (N-methyl/N-ethyl adjacent to an activating group) is 1. The van der Waals surface area contributed by atoms with Crippen molar-refractivity contribution < 1.29 is 4.79 Å². The molecule has 6 heteroatoms. The van der Waals surface area contributed by atoms with E-state index in [1.54, 1.807) is 11.0 Å². The molecule has 0 fully saturated rings. The van der Waals surface area contributed by atoms with Gasteiger partial charge in [0.15, 0.2) is 0 Å². The molecule has 1 aromatic carbocycles. The lowest BCUT2D eigenvalue weighted by Crippen LogP contribution is -2.35. The summed E-state index contributed by atoms with van der Waals surface area (Å²) in [5.74, 6) is 0.0482. The van der Waals surface area contributed by atoms with Crippen molar-refractivity contribution in [3.8, 4) is 0 Å². The number of amides is 1. The SMILES string of the molecule is CN(CC(=O)NCCCn1cncn1)Cc1ccccc1. The average Bonchev–Trinajstić information content (AvgIpc) is 2.98. The molecule has 0 bridgehead atoms. The lowest BCUT2D eigenvalue weighted by Gasteiger charge is -2.16. The van der Waals surface area contributed by atoms with E-state index in [1.165, 1.54) is 11.9 Å². The summed E-state index contributed by atoms with van der Waals surface area (Å²) in [7, 11) is 1.95. The van der Waals surface area contributed by atoms with Gasteiger partial charge in [-0.3, -0.25) is 14.4 Å². The highest BCUT2D eigenvalue weighted by Crippen LogP contribution is 2.01. The van der Waals surface area contributed by atoms with Gasteiger partial charge in [0.25, 0.3) is 0 Å². The van der Waals surface area contributed by atoms with Crippen molar-refractivity contribution in [2.24, 2.45) is 0 Å². The number of hydrogen-bond donors (Lipinski definition) is 1. The van der Waals surface area contributed by atoms with Gasteiger partial charge >= 0.3 is 0 Å². The minimum absolute atomic E-state index is 0.0482. The first-order valence-electron chi connectivity index (χ1n) is 7.05. The van der Waals surface area contributed by atoms with Crippen LogP contribution in [0.2, 0.25) is 0 Å². The van der Waals surface area contributed by atoms with E-state index < -0.39 is 0 Å². The predicted octanol–water partition coefficient (Wildman–Crippen LogP) is 0.916. The number of rotatable bonds is 8. The zero-order valence-corrected chi connectivity index (χ0v) is 12.3. The highest BCUT2D eigenvalue weighted by molar-refractivity contribution is 5.77. The summed E-state index contributed by atoms with van der Waals surface area (Å²) in [4.78, 5) is 17.7. The second-order valence-electron chi connectivity index (χ2n) is 5.02. The summed E-state index contributed by atoms with van der Waals surface area (Å²) in [5, 5.41) is 6.93. The summed E-state index contributed by atoms with van der Waals surface area (Å²) >= 11 is 0. The molecule has 1 aromatic heterocycles. The number of aromatic nitrogens is 3. The quantitative estimate of drug-likeness (QED) is 0.733. The van der Waals surface area contributed by atoms with E-state index in [4.69, 9.17) is 0 Å². The minimum Gasteiger partial charge on any atom is -0.355 e. The van der Waals surface area contributed by atoms with Gasteiger partial charge in [0.2, 0.25) is 5.91 Å². The van der Waals surface area contributed by atoms with Crippen molar-refractivity contribution in [1.29, 1.82) is 0 Å². The van der Waals surface area contributed by atoms with Crippen LogP contribution in [-0.4, -0.2) is 45.7 Å². The molecule has 2 rings (SSSR count). The van der Waals surface area contributed by atoms with Crippen molar-refractivity contribution in [2.45, 2.75) is 19.5 Å². The Morgan fingerprint density at radius 1 is 1.33 bits per heavy atom. The summed E-state index contributed by atoms with van der Waals surface area (Å²) in [6.07, 6.45) is 4.03. The molecule has 6 nitrogen and oxygen atoms in total. The molecule has 1 heterocycles. The third-order valence-electron chi connectivity index (χ3n) is 3.06. The van der Waals surface area contributed by atoms with Crippen molar-refractivity contribution >= 4 is 5.91 Å². The number of carbonyl (C=O) groups excluding carboxylic acids is 1.